The highest BCUT2D eigenvalue weighted by Gasteiger charge is 2.23. The number of rotatable bonds is 50. The van der Waals surface area contributed by atoms with Crippen molar-refractivity contribution in [3.8, 4) is 0 Å². The smallest absolute Gasteiger partial charge is 0.130 e. The molecule has 1 atom stereocenters. The topological polar surface area (TPSA) is 84.8 Å². The SMILES string of the molecule is CCCCC=CCCCCCCCCCCOCC(C[N+](C)(C)CCOCCOCCOCCOCCOCCO)OCCCCCCCCCCC=CCCCC. The molecule has 0 saturated carbocycles. The van der Waals surface area contributed by atoms with E-state index in [0.29, 0.717) is 72.7 Å². The van der Waals surface area contributed by atoms with E-state index in [2.05, 4.69) is 52.2 Å². The number of hydrogen-bond acceptors (Lipinski definition) is 8. The van der Waals surface area contributed by atoms with Gasteiger partial charge in [-0.3, -0.25) is 0 Å². The molecule has 58 heavy (non-hydrogen) atoms. The Morgan fingerprint density at radius 1 is 0.397 bits per heavy atom. The molecule has 0 aliphatic rings. The molecule has 346 valence electrons. The molecule has 1 unspecified atom stereocenters. The first kappa shape index (κ1) is 57.1. The summed E-state index contributed by atoms with van der Waals surface area (Å²) >= 11 is 0. The average Bonchev–Trinajstić information content (AvgIpc) is 3.21. The Balaban J connectivity index is 4.22. The van der Waals surface area contributed by atoms with E-state index in [9.17, 15) is 0 Å². The maximum Gasteiger partial charge on any atom is 0.130 e. The molecule has 0 radical (unpaired) electrons. The molecule has 0 amide bonds. The summed E-state index contributed by atoms with van der Waals surface area (Å²) in [5.74, 6) is 0. The fourth-order valence-corrected chi connectivity index (χ4v) is 6.69. The third-order valence-corrected chi connectivity index (χ3v) is 10.4. The van der Waals surface area contributed by atoms with Gasteiger partial charge < -0.3 is 42.7 Å². The molecule has 0 aromatic heterocycles. The molecule has 0 rings (SSSR count). The normalized spacial score (nSPS) is 12.8. The molecule has 0 bridgehead atoms. The number of aliphatic hydroxyl groups excluding tert-OH is 1. The van der Waals surface area contributed by atoms with Crippen molar-refractivity contribution in [2.24, 2.45) is 0 Å². The van der Waals surface area contributed by atoms with Gasteiger partial charge in [-0.15, -0.1) is 0 Å². The monoisotopic (exact) mass is 829 g/mol. The van der Waals surface area contributed by atoms with E-state index in [-0.39, 0.29) is 12.7 Å². The molecule has 9 heteroatoms. The lowest BCUT2D eigenvalue weighted by atomic mass is 10.1. The molecular weight excluding hydrogens is 731 g/mol. The van der Waals surface area contributed by atoms with E-state index < -0.39 is 0 Å². The van der Waals surface area contributed by atoms with E-state index in [1.807, 2.05) is 0 Å². The minimum Gasteiger partial charge on any atom is -0.394 e. The fourth-order valence-electron chi connectivity index (χ4n) is 6.69. The van der Waals surface area contributed by atoms with Crippen molar-refractivity contribution in [2.75, 3.05) is 120 Å². The van der Waals surface area contributed by atoms with Gasteiger partial charge in [0, 0.05) is 13.2 Å². The summed E-state index contributed by atoms with van der Waals surface area (Å²) in [7, 11) is 4.54. The Morgan fingerprint density at radius 2 is 0.759 bits per heavy atom. The van der Waals surface area contributed by atoms with Crippen LogP contribution in [-0.4, -0.2) is 135 Å². The molecular formula is C49H98NO8+. The fraction of sp³-hybridized carbons (Fsp3) is 0.918. The average molecular weight is 829 g/mol. The third-order valence-electron chi connectivity index (χ3n) is 10.4. The van der Waals surface area contributed by atoms with Gasteiger partial charge in [-0.05, 0) is 51.4 Å². The number of nitrogens with zero attached hydrogens (tertiary/aromatic N) is 1. The molecule has 0 spiro atoms. The van der Waals surface area contributed by atoms with Gasteiger partial charge in [-0.2, -0.15) is 0 Å². The number of quaternary nitrogens is 1. The lowest BCUT2D eigenvalue weighted by molar-refractivity contribution is -0.894. The van der Waals surface area contributed by atoms with Gasteiger partial charge in [0.25, 0.3) is 0 Å². The Hall–Kier alpha value is -0.880. The first-order valence-corrected chi connectivity index (χ1v) is 24.4. The van der Waals surface area contributed by atoms with E-state index in [0.717, 1.165) is 43.6 Å². The van der Waals surface area contributed by atoms with Gasteiger partial charge in [0.15, 0.2) is 0 Å². The van der Waals surface area contributed by atoms with Gasteiger partial charge in [-0.25, -0.2) is 0 Å². The molecule has 0 fully saturated rings. The number of allylic oxidation sites excluding steroid dienone is 4. The highest BCUT2D eigenvalue weighted by atomic mass is 16.6. The zero-order valence-electron chi connectivity index (χ0n) is 38.9. The van der Waals surface area contributed by atoms with Crippen molar-refractivity contribution < 1.29 is 42.7 Å². The van der Waals surface area contributed by atoms with E-state index in [1.165, 1.54) is 141 Å². The summed E-state index contributed by atoms with van der Waals surface area (Å²) in [6, 6.07) is 0. The zero-order chi connectivity index (χ0) is 42.1. The molecule has 9 nitrogen and oxygen atoms in total. The second-order valence-electron chi connectivity index (χ2n) is 16.7. The Labute approximate surface area is 359 Å². The zero-order valence-corrected chi connectivity index (χ0v) is 38.9. The van der Waals surface area contributed by atoms with E-state index in [4.69, 9.17) is 38.3 Å². The first-order valence-electron chi connectivity index (χ1n) is 24.4. The number of ether oxygens (including phenoxy) is 7. The Bertz CT molecular complexity index is 827. The van der Waals surface area contributed by atoms with Crippen LogP contribution in [0.4, 0.5) is 0 Å². The maximum atomic E-state index is 8.69. The van der Waals surface area contributed by atoms with Gasteiger partial charge in [0.1, 0.15) is 19.2 Å². The summed E-state index contributed by atoms with van der Waals surface area (Å²) in [6.45, 7) is 14.0. The highest BCUT2D eigenvalue weighted by molar-refractivity contribution is 4.81. The van der Waals surface area contributed by atoms with Crippen LogP contribution in [0.5, 0.6) is 0 Å². The quantitative estimate of drug-likeness (QED) is 0.0369. The number of aliphatic hydroxyl groups is 1. The Morgan fingerprint density at radius 3 is 1.19 bits per heavy atom. The van der Waals surface area contributed by atoms with Crippen molar-refractivity contribution in [1.82, 2.24) is 0 Å². The number of hydrogen-bond donors (Lipinski definition) is 1. The van der Waals surface area contributed by atoms with Gasteiger partial charge in [0.2, 0.25) is 0 Å². The van der Waals surface area contributed by atoms with E-state index >= 15 is 0 Å². The van der Waals surface area contributed by atoms with Crippen LogP contribution in [0.3, 0.4) is 0 Å². The second-order valence-corrected chi connectivity index (χ2v) is 16.7. The third kappa shape index (κ3) is 47.8. The summed E-state index contributed by atoms with van der Waals surface area (Å²) in [6.07, 6.45) is 40.9. The van der Waals surface area contributed by atoms with Crippen molar-refractivity contribution in [3.05, 3.63) is 24.3 Å². The standard InChI is InChI=1S/C49H98NO8/c1-5-7-9-11-13-15-17-19-21-23-25-27-29-31-35-57-48-49(58-36-32-30-28-26-24-22-20-18-16-14-12-10-8-6-2)47-50(3,4)33-37-52-39-41-54-43-45-56-46-44-55-42-40-53-38-34-51/h11-14,49,51H,5-10,15-48H2,1-4H3/q+1. The lowest BCUT2D eigenvalue weighted by Gasteiger charge is -2.33. The minimum absolute atomic E-state index is 0.0362. The van der Waals surface area contributed by atoms with Crippen molar-refractivity contribution in [1.29, 1.82) is 0 Å². The summed E-state index contributed by atoms with van der Waals surface area (Å²) in [4.78, 5) is 0. The summed E-state index contributed by atoms with van der Waals surface area (Å²) < 4.78 is 41.3. The summed E-state index contributed by atoms with van der Waals surface area (Å²) in [5.41, 5.74) is 0. The van der Waals surface area contributed by atoms with Crippen molar-refractivity contribution >= 4 is 0 Å². The van der Waals surface area contributed by atoms with Crippen molar-refractivity contribution in [3.63, 3.8) is 0 Å². The van der Waals surface area contributed by atoms with Crippen LogP contribution in [-0.2, 0) is 33.2 Å². The number of unbranched alkanes of at least 4 members (excludes halogenated alkanes) is 20. The molecule has 0 aliphatic heterocycles. The predicted octanol–water partition coefficient (Wildman–Crippen LogP) is 11.1. The predicted molar refractivity (Wildman–Crippen MR) is 244 cm³/mol. The van der Waals surface area contributed by atoms with Crippen LogP contribution < -0.4 is 0 Å². The molecule has 0 heterocycles. The highest BCUT2D eigenvalue weighted by Crippen LogP contribution is 2.13. The Kier molecular flexibility index (Phi) is 48.0. The van der Waals surface area contributed by atoms with Crippen LogP contribution in [0.1, 0.15) is 168 Å². The summed E-state index contributed by atoms with van der Waals surface area (Å²) in [5, 5.41) is 8.69. The maximum absolute atomic E-state index is 8.69. The largest absolute Gasteiger partial charge is 0.394 e. The van der Waals surface area contributed by atoms with Crippen LogP contribution in [0.15, 0.2) is 24.3 Å². The van der Waals surface area contributed by atoms with Crippen LogP contribution in [0, 0.1) is 0 Å². The van der Waals surface area contributed by atoms with Gasteiger partial charge in [-0.1, -0.05) is 141 Å². The van der Waals surface area contributed by atoms with Crippen LogP contribution in [0.2, 0.25) is 0 Å². The van der Waals surface area contributed by atoms with Gasteiger partial charge >= 0.3 is 0 Å². The number of likely N-dealkylation sites (N-methyl/N-ethyl adjacent to an activating group) is 1. The van der Waals surface area contributed by atoms with Gasteiger partial charge in [0.05, 0.1) is 93.4 Å². The lowest BCUT2D eigenvalue weighted by Crippen LogP contribution is -2.49. The van der Waals surface area contributed by atoms with E-state index in [1.54, 1.807) is 0 Å². The van der Waals surface area contributed by atoms with Crippen LogP contribution in [0.25, 0.3) is 0 Å². The molecule has 1 N–H and O–H groups in total. The van der Waals surface area contributed by atoms with Crippen molar-refractivity contribution in [2.45, 2.75) is 174 Å². The molecule has 0 aromatic rings. The molecule has 0 saturated heterocycles. The molecule has 0 aromatic carbocycles. The molecule has 0 aliphatic carbocycles. The van der Waals surface area contributed by atoms with Crippen LogP contribution >= 0.6 is 0 Å². The minimum atomic E-state index is 0.0362. The first-order chi connectivity index (χ1) is 28.6. The second kappa shape index (κ2) is 48.8.